The van der Waals surface area contributed by atoms with Gasteiger partial charge in [-0.3, -0.25) is 14.5 Å². The number of benzene rings is 1. The van der Waals surface area contributed by atoms with Gasteiger partial charge in [0.1, 0.15) is 11.5 Å². The minimum Gasteiger partial charge on any atom is -0.508 e. The van der Waals surface area contributed by atoms with E-state index in [0.29, 0.717) is 64.2 Å². The monoisotopic (exact) mass is 410 g/mol. The van der Waals surface area contributed by atoms with Gasteiger partial charge >= 0.3 is 5.97 Å². The van der Waals surface area contributed by atoms with Gasteiger partial charge in [0.15, 0.2) is 0 Å². The number of hydrogen-bond acceptors (Lipinski definition) is 7. The number of nitrogens with zero attached hydrogens (tertiary/aromatic N) is 1. The molecular formula is C21H34N2O6. The minimum absolute atomic E-state index is 0.105. The van der Waals surface area contributed by atoms with Crippen LogP contribution in [0.5, 0.6) is 5.75 Å². The lowest BCUT2D eigenvalue weighted by atomic mass is 10.0. The van der Waals surface area contributed by atoms with Gasteiger partial charge in [-0.2, -0.15) is 0 Å². The summed E-state index contributed by atoms with van der Waals surface area (Å²) in [6.45, 7) is 3.33. The van der Waals surface area contributed by atoms with Crippen LogP contribution in [-0.2, 0) is 32.0 Å². The second-order valence-electron chi connectivity index (χ2n) is 7.00. The highest BCUT2D eigenvalue weighted by atomic mass is 16.5. The molecule has 8 nitrogen and oxygen atoms in total. The molecule has 0 fully saturated rings. The maximum absolute atomic E-state index is 12.1. The highest BCUT2D eigenvalue weighted by Crippen LogP contribution is 2.21. The third kappa shape index (κ3) is 12.2. The van der Waals surface area contributed by atoms with Crippen molar-refractivity contribution < 1.29 is 29.3 Å². The van der Waals surface area contributed by atoms with Crippen LogP contribution in [0.1, 0.15) is 30.4 Å². The number of likely N-dealkylation sites (N-methyl/N-ethyl adjacent to an activating group) is 2. The fourth-order valence-corrected chi connectivity index (χ4v) is 2.77. The van der Waals surface area contributed by atoms with Gasteiger partial charge in [0, 0.05) is 38.1 Å². The molecule has 0 atom stereocenters. The van der Waals surface area contributed by atoms with Crippen molar-refractivity contribution in [3.63, 3.8) is 0 Å². The Kier molecular flexibility index (Phi) is 12.9. The number of Topliss-reactive ketones (excluding diaryl/α,β-unsaturated/α-hetero) is 1. The topological polar surface area (TPSA) is 108 Å². The average Bonchev–Trinajstić information content (AvgIpc) is 2.66. The minimum atomic E-state index is -0.918. The molecule has 0 aliphatic heterocycles. The van der Waals surface area contributed by atoms with Crippen LogP contribution in [0.15, 0.2) is 18.2 Å². The molecule has 0 radical (unpaired) electrons. The number of nitrogens with one attached hydrogen (secondary N) is 1. The summed E-state index contributed by atoms with van der Waals surface area (Å²) in [6.07, 6.45) is 2.19. The average molecular weight is 411 g/mol. The largest absolute Gasteiger partial charge is 0.508 e. The van der Waals surface area contributed by atoms with Crippen LogP contribution in [0.2, 0.25) is 0 Å². The van der Waals surface area contributed by atoms with Crippen LogP contribution >= 0.6 is 0 Å². The normalized spacial score (nSPS) is 11.1. The van der Waals surface area contributed by atoms with Gasteiger partial charge in [-0.05, 0) is 38.6 Å². The molecule has 0 bridgehead atoms. The Labute approximate surface area is 172 Å². The standard InChI is InChI=1S/C21H34N2O6/c1-22-9-11-29-13-12-28-10-3-4-19(24)7-5-17-6-8-20(25)18(14-17)15-23(2)16-21(26)27/h6,8,14,22,25H,3-5,7,9-13,15-16H2,1-2H3,(H,26,27). The number of aliphatic carboxylic acids is 1. The predicted octanol–water partition coefficient (Wildman–Crippen LogP) is 1.44. The molecule has 1 aromatic rings. The molecule has 0 unspecified atom stereocenters. The Balaban J connectivity index is 2.24. The molecule has 1 rings (SSSR count). The van der Waals surface area contributed by atoms with E-state index in [1.54, 1.807) is 24.1 Å². The molecule has 1 aromatic carbocycles. The smallest absolute Gasteiger partial charge is 0.317 e. The number of carboxylic acids is 1. The SMILES string of the molecule is CNCCOCCOCCCC(=O)CCc1ccc(O)c(CN(C)CC(=O)O)c1. The van der Waals surface area contributed by atoms with E-state index in [4.69, 9.17) is 14.6 Å². The zero-order valence-electron chi connectivity index (χ0n) is 17.5. The number of aryl methyl sites for hydroxylation is 1. The van der Waals surface area contributed by atoms with Crippen LogP contribution in [0, 0.1) is 0 Å². The third-order valence-corrected chi connectivity index (χ3v) is 4.29. The van der Waals surface area contributed by atoms with Crippen molar-refractivity contribution in [1.29, 1.82) is 0 Å². The third-order valence-electron chi connectivity index (χ3n) is 4.29. The number of rotatable bonds is 17. The van der Waals surface area contributed by atoms with E-state index >= 15 is 0 Å². The fourth-order valence-electron chi connectivity index (χ4n) is 2.77. The first-order valence-corrected chi connectivity index (χ1v) is 9.95. The van der Waals surface area contributed by atoms with Gasteiger partial charge < -0.3 is 25.0 Å². The van der Waals surface area contributed by atoms with E-state index in [9.17, 15) is 14.7 Å². The van der Waals surface area contributed by atoms with Crippen LogP contribution in [0.25, 0.3) is 0 Å². The van der Waals surface area contributed by atoms with Crippen molar-refractivity contribution >= 4 is 11.8 Å². The van der Waals surface area contributed by atoms with Crippen LogP contribution in [0.3, 0.4) is 0 Å². The maximum atomic E-state index is 12.1. The van der Waals surface area contributed by atoms with Gasteiger partial charge in [0.05, 0.1) is 26.4 Å². The Bertz CT molecular complexity index is 623. The Morgan fingerprint density at radius 1 is 1.10 bits per heavy atom. The molecule has 0 aliphatic carbocycles. The van der Waals surface area contributed by atoms with Gasteiger partial charge in [0.25, 0.3) is 0 Å². The van der Waals surface area contributed by atoms with Gasteiger partial charge in [-0.15, -0.1) is 0 Å². The summed E-state index contributed by atoms with van der Waals surface area (Å²) in [5.74, 6) is -0.611. The first-order valence-electron chi connectivity index (χ1n) is 9.95. The Morgan fingerprint density at radius 3 is 2.52 bits per heavy atom. The summed E-state index contributed by atoms with van der Waals surface area (Å²) >= 11 is 0. The van der Waals surface area contributed by atoms with E-state index < -0.39 is 5.97 Å². The highest BCUT2D eigenvalue weighted by Gasteiger charge is 2.10. The summed E-state index contributed by atoms with van der Waals surface area (Å²) in [5, 5.41) is 21.8. The first kappa shape index (κ1) is 25.0. The Morgan fingerprint density at radius 2 is 1.83 bits per heavy atom. The number of aromatic hydroxyl groups is 1. The van der Waals surface area contributed by atoms with Crippen molar-refractivity contribution in [2.24, 2.45) is 0 Å². The molecule has 0 aromatic heterocycles. The summed E-state index contributed by atoms with van der Waals surface area (Å²) < 4.78 is 10.8. The summed E-state index contributed by atoms with van der Waals surface area (Å²) in [5.41, 5.74) is 1.61. The van der Waals surface area contributed by atoms with E-state index in [1.165, 1.54) is 0 Å². The quantitative estimate of drug-likeness (QED) is 0.331. The van der Waals surface area contributed by atoms with Crippen molar-refractivity contribution in [2.75, 3.05) is 53.6 Å². The van der Waals surface area contributed by atoms with E-state index in [-0.39, 0.29) is 18.1 Å². The number of phenolic OH excluding ortho intramolecular Hbond substituents is 1. The summed E-state index contributed by atoms with van der Waals surface area (Å²) in [6, 6.07) is 5.22. The summed E-state index contributed by atoms with van der Waals surface area (Å²) in [7, 11) is 3.55. The van der Waals surface area contributed by atoms with Crippen molar-refractivity contribution in [3.05, 3.63) is 29.3 Å². The van der Waals surface area contributed by atoms with Gasteiger partial charge in [-0.1, -0.05) is 12.1 Å². The number of ketones is 1. The number of carboxylic acid groups (broad SMARTS) is 1. The van der Waals surface area contributed by atoms with Crippen molar-refractivity contribution in [2.45, 2.75) is 32.2 Å². The molecule has 0 saturated heterocycles. The molecule has 0 heterocycles. The highest BCUT2D eigenvalue weighted by molar-refractivity contribution is 5.78. The number of phenols is 1. The first-order chi connectivity index (χ1) is 13.9. The maximum Gasteiger partial charge on any atom is 0.317 e. The molecule has 3 N–H and O–H groups in total. The van der Waals surface area contributed by atoms with Crippen LogP contribution in [-0.4, -0.2) is 80.5 Å². The molecule has 0 aliphatic rings. The molecule has 0 spiro atoms. The van der Waals surface area contributed by atoms with E-state index in [0.717, 1.165) is 12.1 Å². The lowest BCUT2D eigenvalue weighted by Crippen LogP contribution is -2.25. The lowest BCUT2D eigenvalue weighted by Gasteiger charge is -2.15. The van der Waals surface area contributed by atoms with Gasteiger partial charge in [0.2, 0.25) is 0 Å². The molecule has 164 valence electrons. The Hall–Kier alpha value is -2.00. The lowest BCUT2D eigenvalue weighted by molar-refractivity contribution is -0.138. The molecular weight excluding hydrogens is 376 g/mol. The van der Waals surface area contributed by atoms with Crippen LogP contribution in [0.4, 0.5) is 0 Å². The van der Waals surface area contributed by atoms with E-state index in [2.05, 4.69) is 5.32 Å². The number of carbonyl (C=O) groups excluding carboxylic acids is 1. The molecule has 8 heteroatoms. The predicted molar refractivity (Wildman–Crippen MR) is 110 cm³/mol. The second-order valence-corrected chi connectivity index (χ2v) is 7.00. The summed E-state index contributed by atoms with van der Waals surface area (Å²) in [4.78, 5) is 24.4. The van der Waals surface area contributed by atoms with E-state index in [1.807, 2.05) is 13.1 Å². The molecule has 0 saturated carbocycles. The zero-order valence-corrected chi connectivity index (χ0v) is 17.5. The van der Waals surface area contributed by atoms with Gasteiger partial charge in [-0.25, -0.2) is 0 Å². The molecule has 29 heavy (non-hydrogen) atoms. The number of carbonyl (C=O) groups is 2. The zero-order chi connectivity index (χ0) is 21.5. The second kappa shape index (κ2) is 14.9. The van der Waals surface area contributed by atoms with Crippen molar-refractivity contribution in [1.82, 2.24) is 10.2 Å². The van der Waals surface area contributed by atoms with Crippen molar-refractivity contribution in [3.8, 4) is 5.75 Å². The number of ether oxygens (including phenoxy) is 2. The number of hydrogen-bond donors (Lipinski definition) is 3. The molecule has 0 amide bonds. The fraction of sp³-hybridized carbons (Fsp3) is 0.619. The van der Waals surface area contributed by atoms with Crippen LogP contribution < -0.4 is 5.32 Å².